The maximum atomic E-state index is 13.0. The lowest BCUT2D eigenvalue weighted by Crippen LogP contribution is -2.33. The zero-order chi connectivity index (χ0) is 25.3. The maximum absolute atomic E-state index is 13.0. The molecule has 1 fully saturated rings. The summed E-state index contributed by atoms with van der Waals surface area (Å²) in [5.41, 5.74) is 1.33. The Balaban J connectivity index is 1.56. The summed E-state index contributed by atoms with van der Waals surface area (Å²) in [5.74, 6) is 0.244. The maximum Gasteiger partial charge on any atom is 0.407 e. The number of hydrogen-bond donors (Lipinski definition) is 1. The molecule has 7 heteroatoms. The summed E-state index contributed by atoms with van der Waals surface area (Å²) >= 11 is 0. The molecule has 0 saturated heterocycles. The second kappa shape index (κ2) is 12.8. The third kappa shape index (κ3) is 9.38. The summed E-state index contributed by atoms with van der Waals surface area (Å²) in [6.45, 7) is 8.50. The third-order valence-electron chi connectivity index (χ3n) is 6.47. The molecule has 1 aliphatic rings. The zero-order valence-corrected chi connectivity index (χ0v) is 21.7. The Hall–Kier alpha value is -2.83. The summed E-state index contributed by atoms with van der Waals surface area (Å²) in [7, 11) is 0. The molecule has 1 amide bonds. The van der Waals surface area contributed by atoms with E-state index in [9.17, 15) is 9.59 Å². The molecule has 1 saturated carbocycles. The van der Waals surface area contributed by atoms with Gasteiger partial charge in [0.15, 0.2) is 0 Å². The van der Waals surface area contributed by atoms with Crippen LogP contribution in [-0.2, 0) is 27.3 Å². The Morgan fingerprint density at radius 2 is 1.86 bits per heavy atom. The molecule has 0 spiro atoms. The van der Waals surface area contributed by atoms with E-state index in [2.05, 4.69) is 28.0 Å². The molecule has 3 rings (SSSR count). The minimum absolute atomic E-state index is 0.229. The highest BCUT2D eigenvalue weighted by Gasteiger charge is 2.24. The Bertz CT molecular complexity index is 927. The first-order chi connectivity index (χ1) is 16.7. The number of carbonyl (C=O) groups excluding carboxylic acids is 2. The summed E-state index contributed by atoms with van der Waals surface area (Å²) in [5, 5.41) is 2.77. The molecule has 1 unspecified atom stereocenters. The number of carbonyl (C=O) groups is 2. The van der Waals surface area contributed by atoms with Gasteiger partial charge < -0.3 is 19.4 Å². The van der Waals surface area contributed by atoms with Gasteiger partial charge in [0, 0.05) is 25.2 Å². The monoisotopic (exact) mass is 483 g/mol. The average molecular weight is 484 g/mol. The summed E-state index contributed by atoms with van der Waals surface area (Å²) in [6.07, 6.45) is 10.2. The lowest BCUT2D eigenvalue weighted by molar-refractivity contribution is -0.150. The van der Waals surface area contributed by atoms with E-state index in [-0.39, 0.29) is 18.5 Å². The van der Waals surface area contributed by atoms with Gasteiger partial charge in [-0.25, -0.2) is 9.78 Å². The molecule has 0 aliphatic heterocycles. The lowest BCUT2D eigenvalue weighted by atomic mass is 9.87. The SMILES string of the molecule is CC1CCC(n2cnc(CC(CCCNC(=O)OC(C)(C)C)C(=O)OCc3ccccc3)c2)CC1. The first kappa shape index (κ1) is 26.8. The molecule has 35 heavy (non-hydrogen) atoms. The molecular weight excluding hydrogens is 442 g/mol. The van der Waals surface area contributed by atoms with Crippen LogP contribution in [0.15, 0.2) is 42.9 Å². The van der Waals surface area contributed by atoms with E-state index in [0.29, 0.717) is 31.8 Å². The van der Waals surface area contributed by atoms with Crippen LogP contribution in [0.2, 0.25) is 0 Å². The molecule has 2 aromatic rings. The van der Waals surface area contributed by atoms with Gasteiger partial charge in [-0.05, 0) is 70.8 Å². The number of aromatic nitrogens is 2. The van der Waals surface area contributed by atoms with Crippen LogP contribution in [0.1, 0.15) is 83.5 Å². The zero-order valence-electron chi connectivity index (χ0n) is 21.7. The predicted molar refractivity (Wildman–Crippen MR) is 136 cm³/mol. The van der Waals surface area contributed by atoms with Crippen molar-refractivity contribution < 1.29 is 19.1 Å². The van der Waals surface area contributed by atoms with Crippen LogP contribution in [0.4, 0.5) is 4.79 Å². The number of amides is 1. The molecule has 1 aromatic heterocycles. The number of alkyl carbamates (subject to hydrolysis) is 1. The number of hydrogen-bond acceptors (Lipinski definition) is 5. The molecule has 1 aliphatic carbocycles. The standard InChI is InChI=1S/C28H41N3O4/c1-21-12-14-25(15-13-21)31-18-24(30-20-31)17-23(11-8-16-29-27(33)35-28(2,3)4)26(32)34-19-22-9-6-5-7-10-22/h5-7,9-10,18,20-21,23,25H,8,11-17,19H2,1-4H3,(H,29,33). The molecule has 1 N–H and O–H groups in total. The van der Waals surface area contributed by atoms with Crippen molar-refractivity contribution in [3.63, 3.8) is 0 Å². The number of nitrogens with one attached hydrogen (secondary N) is 1. The van der Waals surface area contributed by atoms with Crippen LogP contribution < -0.4 is 5.32 Å². The predicted octanol–water partition coefficient (Wildman–Crippen LogP) is 5.84. The number of imidazole rings is 1. The van der Waals surface area contributed by atoms with E-state index in [1.165, 1.54) is 25.7 Å². The molecule has 1 aromatic carbocycles. The summed E-state index contributed by atoms with van der Waals surface area (Å²) in [4.78, 5) is 29.5. The Morgan fingerprint density at radius 3 is 2.54 bits per heavy atom. The fourth-order valence-electron chi connectivity index (χ4n) is 4.48. The van der Waals surface area contributed by atoms with E-state index in [1.807, 2.05) is 57.4 Å². The van der Waals surface area contributed by atoms with Crippen molar-refractivity contribution in [1.29, 1.82) is 0 Å². The van der Waals surface area contributed by atoms with E-state index in [1.54, 1.807) is 0 Å². The highest BCUT2D eigenvalue weighted by Crippen LogP contribution is 2.32. The normalized spacial score (nSPS) is 19.1. The van der Waals surface area contributed by atoms with E-state index in [4.69, 9.17) is 9.47 Å². The van der Waals surface area contributed by atoms with Gasteiger partial charge in [-0.15, -0.1) is 0 Å². The number of ether oxygens (including phenoxy) is 2. The molecular formula is C28H41N3O4. The van der Waals surface area contributed by atoms with Gasteiger partial charge in [-0.2, -0.15) is 0 Å². The van der Waals surface area contributed by atoms with Gasteiger partial charge in [-0.3, -0.25) is 4.79 Å². The highest BCUT2D eigenvalue weighted by molar-refractivity contribution is 5.72. The van der Waals surface area contributed by atoms with Gasteiger partial charge in [0.05, 0.1) is 17.9 Å². The van der Waals surface area contributed by atoms with Crippen molar-refractivity contribution in [3.8, 4) is 0 Å². The molecule has 0 bridgehead atoms. The lowest BCUT2D eigenvalue weighted by Gasteiger charge is -2.26. The Morgan fingerprint density at radius 1 is 1.14 bits per heavy atom. The van der Waals surface area contributed by atoms with Crippen LogP contribution in [0.5, 0.6) is 0 Å². The topological polar surface area (TPSA) is 82.5 Å². The van der Waals surface area contributed by atoms with Crippen LogP contribution in [0, 0.1) is 11.8 Å². The number of nitrogens with zero attached hydrogens (tertiary/aromatic N) is 2. The second-order valence-electron chi connectivity index (χ2n) is 10.8. The first-order valence-corrected chi connectivity index (χ1v) is 12.9. The minimum Gasteiger partial charge on any atom is -0.461 e. The quantitative estimate of drug-likeness (QED) is 0.339. The largest absolute Gasteiger partial charge is 0.461 e. The second-order valence-corrected chi connectivity index (χ2v) is 10.8. The van der Waals surface area contributed by atoms with Crippen molar-refractivity contribution in [3.05, 3.63) is 54.1 Å². The fourth-order valence-corrected chi connectivity index (χ4v) is 4.48. The van der Waals surface area contributed by atoms with Gasteiger partial charge in [0.2, 0.25) is 0 Å². The molecule has 1 atom stereocenters. The van der Waals surface area contributed by atoms with Gasteiger partial charge in [0.1, 0.15) is 12.2 Å². The molecule has 7 nitrogen and oxygen atoms in total. The van der Waals surface area contributed by atoms with E-state index in [0.717, 1.165) is 17.2 Å². The van der Waals surface area contributed by atoms with Gasteiger partial charge >= 0.3 is 12.1 Å². The van der Waals surface area contributed by atoms with E-state index < -0.39 is 11.7 Å². The molecule has 192 valence electrons. The van der Waals surface area contributed by atoms with Crippen molar-refractivity contribution >= 4 is 12.1 Å². The number of benzene rings is 1. The third-order valence-corrected chi connectivity index (χ3v) is 6.47. The Kier molecular flexibility index (Phi) is 9.75. The van der Waals surface area contributed by atoms with Crippen LogP contribution in [0.3, 0.4) is 0 Å². The van der Waals surface area contributed by atoms with Crippen LogP contribution >= 0.6 is 0 Å². The molecule has 1 heterocycles. The van der Waals surface area contributed by atoms with E-state index >= 15 is 0 Å². The Labute approximate surface area is 209 Å². The summed E-state index contributed by atoms with van der Waals surface area (Å²) in [6, 6.07) is 10.2. The minimum atomic E-state index is -0.539. The van der Waals surface area contributed by atoms with Crippen molar-refractivity contribution in [2.75, 3.05) is 6.54 Å². The van der Waals surface area contributed by atoms with Gasteiger partial charge in [-0.1, -0.05) is 37.3 Å². The fraction of sp³-hybridized carbons (Fsp3) is 0.607. The summed E-state index contributed by atoms with van der Waals surface area (Å²) < 4.78 is 13.2. The first-order valence-electron chi connectivity index (χ1n) is 12.9. The van der Waals surface area contributed by atoms with Gasteiger partial charge in [0.25, 0.3) is 0 Å². The van der Waals surface area contributed by atoms with Crippen molar-refractivity contribution in [2.45, 2.75) is 90.9 Å². The number of rotatable bonds is 10. The highest BCUT2D eigenvalue weighted by atomic mass is 16.6. The van der Waals surface area contributed by atoms with Crippen LogP contribution in [0.25, 0.3) is 0 Å². The smallest absolute Gasteiger partial charge is 0.407 e. The van der Waals surface area contributed by atoms with Crippen LogP contribution in [-0.4, -0.2) is 33.8 Å². The van der Waals surface area contributed by atoms with Crippen molar-refractivity contribution in [2.24, 2.45) is 11.8 Å². The van der Waals surface area contributed by atoms with Crippen molar-refractivity contribution in [1.82, 2.24) is 14.9 Å². The average Bonchev–Trinajstić information content (AvgIpc) is 3.28. The number of esters is 1. The molecule has 0 radical (unpaired) electrons.